The second kappa shape index (κ2) is 6.98. The molecule has 2 unspecified atom stereocenters. The fourth-order valence-corrected chi connectivity index (χ4v) is 2.81. The van der Waals surface area contributed by atoms with Crippen molar-refractivity contribution in [3.05, 3.63) is 28.7 Å². The highest BCUT2D eigenvalue weighted by Crippen LogP contribution is 2.30. The Morgan fingerprint density at radius 3 is 2.50 bits per heavy atom. The minimum absolute atomic E-state index is 0.0566. The zero-order valence-electron chi connectivity index (χ0n) is 9.61. The SMILES string of the molecule is CCCC(C)C(C#N)Sc1ccc(Br)cc1. The zero-order valence-corrected chi connectivity index (χ0v) is 12.0. The van der Waals surface area contributed by atoms with Crippen LogP contribution in [-0.4, -0.2) is 5.25 Å². The molecule has 0 aliphatic carbocycles. The maximum atomic E-state index is 9.16. The zero-order chi connectivity index (χ0) is 12.0. The van der Waals surface area contributed by atoms with Crippen LogP contribution in [0.25, 0.3) is 0 Å². The number of hydrogen-bond donors (Lipinski definition) is 0. The molecule has 1 aromatic carbocycles. The van der Waals surface area contributed by atoms with Crippen molar-refractivity contribution >= 4 is 27.7 Å². The Morgan fingerprint density at radius 1 is 1.38 bits per heavy atom. The van der Waals surface area contributed by atoms with Crippen molar-refractivity contribution in [1.29, 1.82) is 5.26 Å². The van der Waals surface area contributed by atoms with Gasteiger partial charge in [0, 0.05) is 9.37 Å². The fraction of sp³-hybridized carbons (Fsp3) is 0.462. The molecule has 0 spiro atoms. The van der Waals surface area contributed by atoms with E-state index in [9.17, 15) is 0 Å². The van der Waals surface area contributed by atoms with Crippen molar-refractivity contribution in [2.24, 2.45) is 5.92 Å². The molecule has 1 rings (SSSR count). The number of halogens is 1. The first-order valence-electron chi connectivity index (χ1n) is 5.49. The molecule has 16 heavy (non-hydrogen) atoms. The van der Waals surface area contributed by atoms with E-state index < -0.39 is 0 Å². The quantitative estimate of drug-likeness (QED) is 0.724. The predicted octanol–water partition coefficient (Wildman–Crippen LogP) is 4.87. The molecule has 2 atom stereocenters. The molecule has 0 aromatic heterocycles. The second-order valence-corrected chi connectivity index (χ2v) is 6.02. The van der Waals surface area contributed by atoms with Crippen LogP contribution in [0, 0.1) is 17.2 Å². The Balaban J connectivity index is 2.63. The topological polar surface area (TPSA) is 23.8 Å². The molecule has 1 aromatic rings. The standard InChI is InChI=1S/C13H16BrNS/c1-3-4-10(2)13(9-15)16-12-7-5-11(14)6-8-12/h5-8,10,13H,3-4H2,1-2H3. The van der Waals surface area contributed by atoms with Crippen LogP contribution < -0.4 is 0 Å². The monoisotopic (exact) mass is 297 g/mol. The van der Waals surface area contributed by atoms with Crippen LogP contribution in [0.4, 0.5) is 0 Å². The minimum atomic E-state index is 0.0566. The summed E-state index contributed by atoms with van der Waals surface area (Å²) < 4.78 is 1.08. The van der Waals surface area contributed by atoms with Crippen molar-refractivity contribution in [2.75, 3.05) is 0 Å². The first kappa shape index (κ1) is 13.6. The van der Waals surface area contributed by atoms with E-state index in [1.165, 1.54) is 0 Å². The lowest BCUT2D eigenvalue weighted by Crippen LogP contribution is -2.11. The van der Waals surface area contributed by atoms with E-state index in [-0.39, 0.29) is 5.25 Å². The van der Waals surface area contributed by atoms with Crippen molar-refractivity contribution in [2.45, 2.75) is 36.8 Å². The van der Waals surface area contributed by atoms with Crippen molar-refractivity contribution < 1.29 is 0 Å². The highest BCUT2D eigenvalue weighted by atomic mass is 79.9. The number of nitriles is 1. The van der Waals surface area contributed by atoms with Crippen LogP contribution in [0.5, 0.6) is 0 Å². The van der Waals surface area contributed by atoms with Gasteiger partial charge in [0.05, 0.1) is 11.3 Å². The molecule has 0 aliphatic rings. The molecule has 0 bridgehead atoms. The molecule has 1 nitrogen and oxygen atoms in total. The molecule has 3 heteroatoms. The van der Waals surface area contributed by atoms with Crippen molar-refractivity contribution in [1.82, 2.24) is 0 Å². The third-order valence-electron chi connectivity index (χ3n) is 2.46. The first-order valence-corrected chi connectivity index (χ1v) is 7.16. The van der Waals surface area contributed by atoms with Crippen molar-refractivity contribution in [3.8, 4) is 6.07 Å². The van der Waals surface area contributed by atoms with Gasteiger partial charge in [0.2, 0.25) is 0 Å². The third kappa shape index (κ3) is 4.19. The molecule has 0 saturated carbocycles. The van der Waals surface area contributed by atoms with Gasteiger partial charge in [-0.15, -0.1) is 11.8 Å². The Morgan fingerprint density at radius 2 is 2.00 bits per heavy atom. The molecular formula is C13H16BrNS. The number of nitrogens with zero attached hydrogens (tertiary/aromatic N) is 1. The molecule has 0 aliphatic heterocycles. The summed E-state index contributed by atoms with van der Waals surface area (Å²) in [5.74, 6) is 0.448. The lowest BCUT2D eigenvalue weighted by molar-refractivity contribution is 0.546. The van der Waals surface area contributed by atoms with Crippen LogP contribution in [0.15, 0.2) is 33.6 Å². The lowest BCUT2D eigenvalue weighted by Gasteiger charge is -2.16. The third-order valence-corrected chi connectivity index (χ3v) is 4.36. The molecule has 0 N–H and O–H groups in total. The number of thioether (sulfide) groups is 1. The van der Waals surface area contributed by atoms with Crippen molar-refractivity contribution in [3.63, 3.8) is 0 Å². The predicted molar refractivity (Wildman–Crippen MR) is 73.5 cm³/mol. The fourth-order valence-electron chi connectivity index (χ4n) is 1.54. The van der Waals surface area contributed by atoms with Gasteiger partial charge in [-0.2, -0.15) is 5.26 Å². The molecule has 0 fully saturated rings. The van der Waals surface area contributed by atoms with E-state index in [0.29, 0.717) is 5.92 Å². The van der Waals surface area contributed by atoms with E-state index in [4.69, 9.17) is 5.26 Å². The van der Waals surface area contributed by atoms with Gasteiger partial charge in [0.15, 0.2) is 0 Å². The van der Waals surface area contributed by atoms with E-state index in [0.717, 1.165) is 22.2 Å². The molecule has 0 heterocycles. The molecule has 0 radical (unpaired) electrons. The summed E-state index contributed by atoms with van der Waals surface area (Å²) in [5, 5.41) is 9.22. The Labute approximate surface area is 110 Å². The Kier molecular flexibility index (Phi) is 5.94. The van der Waals surface area contributed by atoms with Crippen LogP contribution >= 0.6 is 27.7 Å². The normalized spacial score (nSPS) is 14.1. The van der Waals surface area contributed by atoms with Gasteiger partial charge in [-0.3, -0.25) is 0 Å². The molecule has 0 amide bonds. The van der Waals surface area contributed by atoms with E-state index >= 15 is 0 Å². The number of hydrogen-bond acceptors (Lipinski definition) is 2. The summed E-state index contributed by atoms with van der Waals surface area (Å²) in [4.78, 5) is 1.16. The van der Waals surface area contributed by atoms with Crippen LogP contribution in [-0.2, 0) is 0 Å². The molecule has 0 saturated heterocycles. The Bertz CT molecular complexity index is 355. The van der Waals surface area contributed by atoms with Crippen LogP contribution in [0.3, 0.4) is 0 Å². The summed E-state index contributed by atoms with van der Waals surface area (Å²) in [5.41, 5.74) is 0. The minimum Gasteiger partial charge on any atom is -0.197 e. The van der Waals surface area contributed by atoms with E-state index in [1.807, 2.05) is 12.1 Å². The van der Waals surface area contributed by atoms with Gasteiger partial charge >= 0.3 is 0 Å². The largest absolute Gasteiger partial charge is 0.197 e. The van der Waals surface area contributed by atoms with Gasteiger partial charge in [-0.1, -0.05) is 36.2 Å². The summed E-state index contributed by atoms with van der Waals surface area (Å²) in [6.45, 7) is 4.32. The smallest absolute Gasteiger partial charge is 0.0989 e. The number of rotatable bonds is 5. The maximum Gasteiger partial charge on any atom is 0.0989 e. The maximum absolute atomic E-state index is 9.16. The van der Waals surface area contributed by atoms with Gasteiger partial charge < -0.3 is 0 Å². The summed E-state index contributed by atoms with van der Waals surface area (Å²) in [6.07, 6.45) is 2.25. The summed E-state index contributed by atoms with van der Waals surface area (Å²) in [7, 11) is 0. The average molecular weight is 298 g/mol. The van der Waals surface area contributed by atoms with Gasteiger partial charge in [-0.05, 0) is 36.6 Å². The summed E-state index contributed by atoms with van der Waals surface area (Å²) >= 11 is 5.07. The number of benzene rings is 1. The van der Waals surface area contributed by atoms with E-state index in [2.05, 4.69) is 48.0 Å². The van der Waals surface area contributed by atoms with Gasteiger partial charge in [0.1, 0.15) is 0 Å². The average Bonchev–Trinajstić information content (AvgIpc) is 2.28. The Hall–Kier alpha value is -0.460. The highest BCUT2D eigenvalue weighted by molar-refractivity contribution is 9.10. The summed E-state index contributed by atoms with van der Waals surface area (Å²) in [6, 6.07) is 10.5. The second-order valence-electron chi connectivity index (χ2n) is 3.89. The lowest BCUT2D eigenvalue weighted by atomic mass is 10.0. The van der Waals surface area contributed by atoms with E-state index in [1.54, 1.807) is 11.8 Å². The van der Waals surface area contributed by atoms with Crippen LogP contribution in [0.1, 0.15) is 26.7 Å². The molecule has 86 valence electrons. The molecular weight excluding hydrogens is 282 g/mol. The van der Waals surface area contributed by atoms with Crippen LogP contribution in [0.2, 0.25) is 0 Å². The van der Waals surface area contributed by atoms with Gasteiger partial charge in [-0.25, -0.2) is 0 Å². The van der Waals surface area contributed by atoms with Gasteiger partial charge in [0.25, 0.3) is 0 Å². The first-order chi connectivity index (χ1) is 7.67. The highest BCUT2D eigenvalue weighted by Gasteiger charge is 2.17.